The molecule has 0 aliphatic carbocycles. The van der Waals surface area contributed by atoms with Crippen LogP contribution in [0.1, 0.15) is 27.3 Å². The van der Waals surface area contributed by atoms with Gasteiger partial charge in [-0.1, -0.05) is 60.7 Å². The largest absolute Gasteiger partial charge is 0.443 e. The maximum atomic E-state index is 12.7. The number of carbonyl (C=O) groups excluding carboxylic acids is 3. The minimum Gasteiger partial charge on any atom is -0.443 e. The molecule has 166 valence electrons. The molecule has 3 aromatic rings. The molecule has 9 nitrogen and oxygen atoms in total. The third kappa shape index (κ3) is 6.43. The number of benzene rings is 2. The van der Waals surface area contributed by atoms with Crippen molar-refractivity contribution in [1.82, 2.24) is 25.9 Å². The van der Waals surface area contributed by atoms with Gasteiger partial charge < -0.3 is 10.1 Å². The van der Waals surface area contributed by atoms with Crippen LogP contribution in [0.5, 0.6) is 0 Å². The number of hydrogen-bond donors (Lipinski definition) is 3. The molecule has 1 heterocycles. The normalized spacial score (nSPS) is 11.3. The summed E-state index contributed by atoms with van der Waals surface area (Å²) < 4.78 is 6.65. The van der Waals surface area contributed by atoms with E-state index in [1.807, 2.05) is 67.6 Å². The number of amides is 3. The lowest BCUT2D eigenvalue weighted by Gasteiger charge is -2.18. The van der Waals surface area contributed by atoms with Gasteiger partial charge in [-0.3, -0.25) is 19.7 Å². The summed E-state index contributed by atoms with van der Waals surface area (Å²) in [4.78, 5) is 37.3. The average Bonchev–Trinajstić information content (AvgIpc) is 3.15. The van der Waals surface area contributed by atoms with Crippen molar-refractivity contribution in [3.63, 3.8) is 0 Å². The number of rotatable bonds is 7. The van der Waals surface area contributed by atoms with Crippen molar-refractivity contribution in [2.75, 3.05) is 0 Å². The first kappa shape index (κ1) is 22.5. The number of nitrogens with zero attached hydrogens (tertiary/aromatic N) is 2. The molecule has 0 aliphatic heterocycles. The second-order valence-electron chi connectivity index (χ2n) is 7.19. The van der Waals surface area contributed by atoms with Gasteiger partial charge in [0.1, 0.15) is 18.3 Å². The van der Waals surface area contributed by atoms with E-state index in [9.17, 15) is 14.4 Å². The molecule has 0 saturated carbocycles. The fraction of sp³-hybridized carbons (Fsp3) is 0.217. The molecule has 0 fully saturated rings. The molecular formula is C23H25N5O4. The highest BCUT2D eigenvalue weighted by atomic mass is 16.6. The first-order chi connectivity index (χ1) is 15.4. The summed E-state index contributed by atoms with van der Waals surface area (Å²) in [5.74, 6) is -1.08. The second kappa shape index (κ2) is 10.8. The van der Waals surface area contributed by atoms with Crippen molar-refractivity contribution in [2.24, 2.45) is 7.05 Å². The molecule has 1 aromatic heterocycles. The van der Waals surface area contributed by atoms with Gasteiger partial charge in [0.25, 0.3) is 11.8 Å². The highest BCUT2D eigenvalue weighted by molar-refractivity contribution is 5.96. The van der Waals surface area contributed by atoms with Gasteiger partial charge in [0.05, 0.1) is 0 Å². The topological polar surface area (TPSA) is 114 Å². The Balaban J connectivity index is 1.60. The Bertz CT molecular complexity index is 1050. The first-order valence-electron chi connectivity index (χ1n) is 10.0. The van der Waals surface area contributed by atoms with Crippen molar-refractivity contribution in [2.45, 2.75) is 26.0 Å². The minimum atomic E-state index is -0.943. The van der Waals surface area contributed by atoms with E-state index in [0.29, 0.717) is 0 Å². The van der Waals surface area contributed by atoms with E-state index in [1.165, 1.54) is 0 Å². The molecule has 32 heavy (non-hydrogen) atoms. The van der Waals surface area contributed by atoms with Crippen LogP contribution < -0.4 is 16.2 Å². The quantitative estimate of drug-likeness (QED) is 0.492. The number of aryl methyl sites for hydroxylation is 2. The van der Waals surface area contributed by atoms with Crippen LogP contribution >= 0.6 is 0 Å². The monoisotopic (exact) mass is 435 g/mol. The van der Waals surface area contributed by atoms with Crippen LogP contribution in [0.3, 0.4) is 0 Å². The second-order valence-corrected chi connectivity index (χ2v) is 7.19. The fourth-order valence-corrected chi connectivity index (χ4v) is 2.92. The smallest absolute Gasteiger partial charge is 0.426 e. The van der Waals surface area contributed by atoms with Crippen LogP contribution in [-0.4, -0.2) is 33.7 Å². The van der Waals surface area contributed by atoms with Gasteiger partial charge in [0.2, 0.25) is 0 Å². The standard InChI is InChI=1S/C23H25N5O4/c1-16-13-20(27-28(16)2)21(29)24-19(14-17-9-5-3-6-10-17)22(30)25-26-23(31)32-15-18-11-7-4-8-12-18/h3-13,19H,14-15H2,1-2H3,(H,24,29)(H,25,30)(H,26,31). The number of ether oxygens (including phenoxy) is 1. The molecule has 0 spiro atoms. The van der Waals surface area contributed by atoms with E-state index < -0.39 is 23.9 Å². The summed E-state index contributed by atoms with van der Waals surface area (Å²) >= 11 is 0. The molecular weight excluding hydrogens is 410 g/mol. The Morgan fingerprint density at radius 1 is 0.969 bits per heavy atom. The Kier molecular flexibility index (Phi) is 7.58. The lowest BCUT2D eigenvalue weighted by Crippen LogP contribution is -2.53. The maximum Gasteiger partial charge on any atom is 0.426 e. The average molecular weight is 435 g/mol. The third-order valence-corrected chi connectivity index (χ3v) is 4.75. The Hall–Kier alpha value is -4.14. The SMILES string of the molecule is Cc1cc(C(=O)NC(Cc2ccccc2)C(=O)NNC(=O)OCc2ccccc2)nn1C. The van der Waals surface area contributed by atoms with Crippen molar-refractivity contribution < 1.29 is 19.1 Å². The summed E-state index contributed by atoms with van der Waals surface area (Å²) in [5, 5.41) is 6.82. The zero-order valence-corrected chi connectivity index (χ0v) is 17.9. The summed E-state index contributed by atoms with van der Waals surface area (Å²) in [5.41, 5.74) is 7.19. The minimum absolute atomic E-state index is 0.0613. The van der Waals surface area contributed by atoms with E-state index >= 15 is 0 Å². The van der Waals surface area contributed by atoms with Crippen LogP contribution in [-0.2, 0) is 29.6 Å². The maximum absolute atomic E-state index is 12.7. The number of nitrogens with one attached hydrogen (secondary N) is 3. The van der Waals surface area contributed by atoms with E-state index in [-0.39, 0.29) is 18.7 Å². The molecule has 1 atom stereocenters. The van der Waals surface area contributed by atoms with Gasteiger partial charge in [-0.2, -0.15) is 5.10 Å². The van der Waals surface area contributed by atoms with Crippen LogP contribution in [0, 0.1) is 6.92 Å². The van der Waals surface area contributed by atoms with Gasteiger partial charge in [-0.25, -0.2) is 10.2 Å². The summed E-state index contributed by atoms with van der Waals surface area (Å²) in [6.45, 7) is 1.88. The Morgan fingerprint density at radius 3 is 2.19 bits per heavy atom. The van der Waals surface area contributed by atoms with Gasteiger partial charge in [0.15, 0.2) is 0 Å². The van der Waals surface area contributed by atoms with Crippen molar-refractivity contribution in [3.05, 3.63) is 89.2 Å². The van der Waals surface area contributed by atoms with Crippen LogP contribution in [0.2, 0.25) is 0 Å². The third-order valence-electron chi connectivity index (χ3n) is 4.75. The first-order valence-corrected chi connectivity index (χ1v) is 10.0. The summed E-state index contributed by atoms with van der Waals surface area (Å²) in [6.07, 6.45) is -0.585. The molecule has 0 saturated heterocycles. The van der Waals surface area contributed by atoms with Crippen LogP contribution in [0.15, 0.2) is 66.7 Å². The zero-order valence-electron chi connectivity index (χ0n) is 17.9. The lowest BCUT2D eigenvalue weighted by atomic mass is 10.1. The number of carbonyl (C=O) groups is 3. The van der Waals surface area contributed by atoms with Crippen LogP contribution in [0.4, 0.5) is 4.79 Å². The highest BCUT2D eigenvalue weighted by Gasteiger charge is 2.24. The van der Waals surface area contributed by atoms with E-state index in [0.717, 1.165) is 16.8 Å². The van der Waals surface area contributed by atoms with Gasteiger partial charge in [-0.05, 0) is 24.1 Å². The molecule has 0 radical (unpaired) electrons. The van der Waals surface area contributed by atoms with E-state index in [4.69, 9.17) is 4.74 Å². The molecule has 0 aliphatic rings. The highest BCUT2D eigenvalue weighted by Crippen LogP contribution is 2.06. The lowest BCUT2D eigenvalue weighted by molar-refractivity contribution is -0.123. The van der Waals surface area contributed by atoms with Crippen molar-refractivity contribution >= 4 is 17.9 Å². The molecule has 3 amide bonds. The Morgan fingerprint density at radius 2 is 1.59 bits per heavy atom. The van der Waals surface area contributed by atoms with Crippen molar-refractivity contribution in [3.8, 4) is 0 Å². The predicted octanol–water partition coefficient (Wildman–Crippen LogP) is 2.03. The van der Waals surface area contributed by atoms with E-state index in [1.54, 1.807) is 17.8 Å². The Labute approximate surface area is 185 Å². The summed E-state index contributed by atoms with van der Waals surface area (Å²) in [6, 6.07) is 19.1. The number of aromatic nitrogens is 2. The molecule has 2 aromatic carbocycles. The van der Waals surface area contributed by atoms with Gasteiger partial charge >= 0.3 is 6.09 Å². The fourth-order valence-electron chi connectivity index (χ4n) is 2.92. The molecule has 3 rings (SSSR count). The zero-order chi connectivity index (χ0) is 22.9. The van der Waals surface area contributed by atoms with Gasteiger partial charge in [-0.15, -0.1) is 0 Å². The molecule has 0 bridgehead atoms. The predicted molar refractivity (Wildman–Crippen MR) is 117 cm³/mol. The molecule has 9 heteroatoms. The molecule has 1 unspecified atom stereocenters. The number of hydrazine groups is 1. The van der Waals surface area contributed by atoms with Crippen molar-refractivity contribution in [1.29, 1.82) is 0 Å². The van der Waals surface area contributed by atoms with Gasteiger partial charge in [0, 0.05) is 19.2 Å². The summed E-state index contributed by atoms with van der Waals surface area (Å²) in [7, 11) is 1.73. The van der Waals surface area contributed by atoms with E-state index in [2.05, 4.69) is 21.3 Å². The van der Waals surface area contributed by atoms with Crippen LogP contribution in [0.25, 0.3) is 0 Å². The molecule has 3 N–H and O–H groups in total. The number of hydrogen-bond acceptors (Lipinski definition) is 5.